The average Bonchev–Trinajstić information content (AvgIpc) is 2.82. The van der Waals surface area contributed by atoms with E-state index in [0.717, 1.165) is 12.8 Å². The summed E-state index contributed by atoms with van der Waals surface area (Å²) in [6.45, 7) is 6.66. The van der Waals surface area contributed by atoms with E-state index in [1.807, 2.05) is 20.8 Å². The van der Waals surface area contributed by atoms with Crippen molar-refractivity contribution in [2.24, 2.45) is 11.8 Å². The van der Waals surface area contributed by atoms with Crippen molar-refractivity contribution in [3.05, 3.63) is 0 Å². The van der Waals surface area contributed by atoms with Gasteiger partial charge >= 0.3 is 6.09 Å². The fraction of sp³-hybridized carbons (Fsp3) is 0.923. The van der Waals surface area contributed by atoms with Crippen molar-refractivity contribution < 1.29 is 17.9 Å². The van der Waals surface area contributed by atoms with Gasteiger partial charge in [-0.3, -0.25) is 0 Å². The summed E-state index contributed by atoms with van der Waals surface area (Å²) in [5, 5.41) is 0. The van der Waals surface area contributed by atoms with Gasteiger partial charge in [0.1, 0.15) is 5.60 Å². The Bertz CT molecular complexity index is 517. The van der Waals surface area contributed by atoms with Crippen LogP contribution in [0, 0.1) is 11.8 Å². The Labute approximate surface area is 130 Å². The molecule has 2 rings (SSSR count). The molecular weight excluding hydrogens is 316 g/mol. The van der Waals surface area contributed by atoms with Gasteiger partial charge in [0, 0.05) is 36.9 Å². The van der Waals surface area contributed by atoms with E-state index in [9.17, 15) is 13.2 Å². The maximum absolute atomic E-state index is 12.1. The Hall–Kier alpha value is -0.530. The molecule has 2 fully saturated rings. The van der Waals surface area contributed by atoms with Gasteiger partial charge in [0.2, 0.25) is 0 Å². The largest absolute Gasteiger partial charge is 0.444 e. The predicted octanol–water partition coefficient (Wildman–Crippen LogP) is 2.05. The summed E-state index contributed by atoms with van der Waals surface area (Å²) in [4.78, 5) is 13.8. The van der Waals surface area contributed by atoms with Crippen molar-refractivity contribution in [2.75, 3.05) is 20.1 Å². The van der Waals surface area contributed by atoms with E-state index < -0.39 is 14.8 Å². The summed E-state index contributed by atoms with van der Waals surface area (Å²) in [6.07, 6.45) is 1.37. The smallest absolute Gasteiger partial charge is 0.410 e. The molecule has 0 spiro atoms. The molecule has 1 saturated heterocycles. The van der Waals surface area contributed by atoms with Gasteiger partial charge in [0.25, 0.3) is 9.24 Å². The Kier molecular flexibility index (Phi) is 4.48. The predicted molar refractivity (Wildman–Crippen MR) is 80.3 cm³/mol. The Morgan fingerprint density at radius 3 is 2.43 bits per heavy atom. The highest BCUT2D eigenvalue weighted by atomic mass is 35.7. The standard InChI is InChI=1S/C13H23ClN2O4S/c1-13(2,3)20-12(17)16-7-9-5-6-11(10(9)8-16)15(4)21(14,18)19/h9-11H,5-8H2,1-4H3. The Morgan fingerprint density at radius 1 is 1.29 bits per heavy atom. The summed E-state index contributed by atoms with van der Waals surface area (Å²) in [6, 6.07) is -0.134. The minimum atomic E-state index is -3.72. The molecule has 0 aromatic heterocycles. The van der Waals surface area contributed by atoms with Crippen LogP contribution in [0.1, 0.15) is 33.6 Å². The summed E-state index contributed by atoms with van der Waals surface area (Å²) >= 11 is 0. The van der Waals surface area contributed by atoms with Crippen molar-refractivity contribution in [2.45, 2.75) is 45.3 Å². The van der Waals surface area contributed by atoms with Gasteiger partial charge in [-0.25, -0.2) is 4.79 Å². The molecule has 6 nitrogen and oxygen atoms in total. The number of hydrogen-bond acceptors (Lipinski definition) is 4. The summed E-state index contributed by atoms with van der Waals surface area (Å²) in [7, 11) is 3.22. The number of nitrogens with zero attached hydrogens (tertiary/aromatic N) is 2. The van der Waals surface area contributed by atoms with Gasteiger partial charge in [0.15, 0.2) is 0 Å². The maximum atomic E-state index is 12.1. The van der Waals surface area contributed by atoms with E-state index in [0.29, 0.717) is 19.0 Å². The fourth-order valence-corrected chi connectivity index (χ4v) is 4.22. The summed E-state index contributed by atoms with van der Waals surface area (Å²) in [5.41, 5.74) is -0.523. The third-order valence-electron chi connectivity index (χ3n) is 4.28. The second-order valence-electron chi connectivity index (χ2n) is 6.91. The van der Waals surface area contributed by atoms with Crippen molar-refractivity contribution in [3.63, 3.8) is 0 Å². The first-order valence-corrected chi connectivity index (χ1v) is 9.41. The first-order valence-electron chi connectivity index (χ1n) is 7.14. The number of rotatable bonds is 2. The van der Waals surface area contributed by atoms with Gasteiger partial charge < -0.3 is 9.64 Å². The van der Waals surface area contributed by atoms with E-state index in [2.05, 4.69) is 0 Å². The lowest BCUT2D eigenvalue weighted by atomic mass is 9.98. The normalized spacial score (nSPS) is 29.8. The van der Waals surface area contributed by atoms with Crippen LogP contribution in [0.25, 0.3) is 0 Å². The van der Waals surface area contributed by atoms with Gasteiger partial charge in [-0.2, -0.15) is 12.7 Å². The number of hydrogen-bond donors (Lipinski definition) is 0. The van der Waals surface area contributed by atoms with Crippen LogP contribution in [0.2, 0.25) is 0 Å². The highest BCUT2D eigenvalue weighted by Gasteiger charge is 2.47. The molecule has 2 aliphatic rings. The maximum Gasteiger partial charge on any atom is 0.410 e. The molecule has 8 heteroatoms. The molecule has 0 N–H and O–H groups in total. The van der Waals surface area contributed by atoms with Crippen LogP contribution in [0.4, 0.5) is 4.79 Å². The second-order valence-corrected chi connectivity index (χ2v) is 9.48. The molecule has 1 heterocycles. The number of ether oxygens (including phenoxy) is 1. The zero-order valence-corrected chi connectivity index (χ0v) is 14.4. The first-order chi connectivity index (χ1) is 9.49. The molecular formula is C13H23ClN2O4S. The molecule has 21 heavy (non-hydrogen) atoms. The number of fused-ring (bicyclic) bond motifs is 1. The fourth-order valence-electron chi connectivity index (χ4n) is 3.33. The van der Waals surface area contributed by atoms with Gasteiger partial charge in [-0.1, -0.05) is 0 Å². The molecule has 1 aliphatic heterocycles. The van der Waals surface area contributed by atoms with Gasteiger partial charge in [0.05, 0.1) is 0 Å². The molecule has 0 aromatic rings. The van der Waals surface area contributed by atoms with Crippen LogP contribution in [0.5, 0.6) is 0 Å². The van der Waals surface area contributed by atoms with Crippen molar-refractivity contribution in [3.8, 4) is 0 Å². The number of likely N-dealkylation sites (tertiary alicyclic amines) is 1. The van der Waals surface area contributed by atoms with Crippen LogP contribution in [0.15, 0.2) is 0 Å². The van der Waals surface area contributed by atoms with E-state index >= 15 is 0 Å². The molecule has 1 saturated carbocycles. The average molecular weight is 339 g/mol. The molecule has 3 unspecified atom stereocenters. The van der Waals surface area contributed by atoms with Crippen LogP contribution < -0.4 is 0 Å². The summed E-state index contributed by atoms with van der Waals surface area (Å²) in [5.74, 6) is 0.458. The number of carbonyl (C=O) groups excluding carboxylic acids is 1. The van der Waals surface area contributed by atoms with E-state index in [1.54, 1.807) is 4.90 Å². The number of halogens is 1. The molecule has 3 atom stereocenters. The van der Waals surface area contributed by atoms with E-state index in [-0.39, 0.29) is 18.1 Å². The third kappa shape index (κ3) is 3.81. The van der Waals surface area contributed by atoms with Crippen LogP contribution >= 0.6 is 10.7 Å². The molecule has 1 aliphatic carbocycles. The monoisotopic (exact) mass is 338 g/mol. The highest BCUT2D eigenvalue weighted by Crippen LogP contribution is 2.41. The lowest BCUT2D eigenvalue weighted by Gasteiger charge is -2.28. The number of amides is 1. The molecule has 0 radical (unpaired) electrons. The molecule has 1 amide bonds. The van der Waals surface area contributed by atoms with E-state index in [4.69, 9.17) is 15.4 Å². The second kappa shape index (κ2) is 5.59. The molecule has 0 bridgehead atoms. The van der Waals surface area contributed by atoms with Gasteiger partial charge in [-0.15, -0.1) is 0 Å². The van der Waals surface area contributed by atoms with Crippen molar-refractivity contribution in [1.29, 1.82) is 0 Å². The summed E-state index contributed by atoms with van der Waals surface area (Å²) < 4.78 is 29.6. The van der Waals surface area contributed by atoms with Crippen LogP contribution in [0.3, 0.4) is 0 Å². The van der Waals surface area contributed by atoms with Crippen molar-refractivity contribution >= 4 is 26.0 Å². The van der Waals surface area contributed by atoms with Crippen molar-refractivity contribution in [1.82, 2.24) is 9.21 Å². The first kappa shape index (κ1) is 16.8. The molecule has 122 valence electrons. The SMILES string of the molecule is CN(C1CCC2CN(C(=O)OC(C)(C)C)CC21)S(=O)(=O)Cl. The highest BCUT2D eigenvalue weighted by molar-refractivity contribution is 8.11. The lowest BCUT2D eigenvalue weighted by Crippen LogP contribution is -2.40. The third-order valence-corrected chi connectivity index (χ3v) is 5.89. The van der Waals surface area contributed by atoms with E-state index in [1.165, 1.54) is 11.4 Å². The zero-order valence-electron chi connectivity index (χ0n) is 12.9. The zero-order chi connectivity index (χ0) is 16.0. The number of carbonyl (C=O) groups is 1. The Balaban J connectivity index is 2.03. The topological polar surface area (TPSA) is 66.9 Å². The minimum absolute atomic E-state index is 0.134. The Morgan fingerprint density at radius 2 is 1.90 bits per heavy atom. The minimum Gasteiger partial charge on any atom is -0.444 e. The van der Waals surface area contributed by atoms with Crippen LogP contribution in [-0.4, -0.2) is 55.5 Å². The van der Waals surface area contributed by atoms with Crippen LogP contribution in [-0.2, 0) is 14.0 Å². The lowest BCUT2D eigenvalue weighted by molar-refractivity contribution is 0.0276. The van der Waals surface area contributed by atoms with Gasteiger partial charge in [-0.05, 0) is 45.4 Å². The molecule has 0 aromatic carbocycles. The quantitative estimate of drug-likeness (QED) is 0.723.